The molecule has 0 saturated carbocycles. The molecule has 35 heavy (non-hydrogen) atoms. The number of anilines is 2. The van der Waals surface area contributed by atoms with Crippen molar-refractivity contribution < 1.29 is 18.3 Å². The van der Waals surface area contributed by atoms with Crippen molar-refractivity contribution in [1.29, 1.82) is 0 Å². The van der Waals surface area contributed by atoms with E-state index < -0.39 is 12.5 Å². The molecule has 186 valence electrons. The molecule has 4 N–H and O–H groups in total. The molecule has 3 aromatic rings. The van der Waals surface area contributed by atoms with Crippen LogP contribution >= 0.6 is 0 Å². The van der Waals surface area contributed by atoms with Crippen LogP contribution in [0.2, 0.25) is 0 Å². The van der Waals surface area contributed by atoms with Crippen LogP contribution in [0.4, 0.5) is 20.3 Å². The Balaban J connectivity index is 1.75. The zero-order chi connectivity index (χ0) is 25.2. The minimum absolute atomic E-state index is 0.184. The van der Waals surface area contributed by atoms with Gasteiger partial charge in [0.05, 0.1) is 18.7 Å². The quantitative estimate of drug-likeness (QED) is 0.396. The van der Waals surface area contributed by atoms with Crippen molar-refractivity contribution >= 4 is 28.0 Å². The van der Waals surface area contributed by atoms with Gasteiger partial charge in [-0.1, -0.05) is 6.08 Å². The highest BCUT2D eigenvalue weighted by Gasteiger charge is 2.32. The second kappa shape index (κ2) is 10.1. The van der Waals surface area contributed by atoms with Crippen LogP contribution in [0, 0.1) is 6.92 Å². The van der Waals surface area contributed by atoms with Crippen molar-refractivity contribution in [1.82, 2.24) is 15.3 Å². The molecule has 0 saturated heterocycles. The summed E-state index contributed by atoms with van der Waals surface area (Å²) in [4.78, 5) is 9.23. The molecule has 1 aliphatic heterocycles. The number of methoxy groups -OCH3 is 2. The molecule has 9 heteroatoms. The molecule has 2 heterocycles. The van der Waals surface area contributed by atoms with Crippen LogP contribution in [-0.2, 0) is 10.7 Å². The summed E-state index contributed by atoms with van der Waals surface area (Å²) < 4.78 is 39.4. The maximum absolute atomic E-state index is 14.5. The highest BCUT2D eigenvalue weighted by molar-refractivity contribution is 5.94. The van der Waals surface area contributed by atoms with Crippen LogP contribution in [0.3, 0.4) is 0 Å². The molecule has 0 spiro atoms. The summed E-state index contributed by atoms with van der Waals surface area (Å²) in [5, 5.41) is 7.54. The molecular formula is C26H31F2N5O2. The van der Waals surface area contributed by atoms with Crippen molar-refractivity contribution in [3.8, 4) is 5.75 Å². The van der Waals surface area contributed by atoms with Gasteiger partial charge in [0.1, 0.15) is 24.0 Å². The number of hydrogen-bond acceptors (Lipinski definition) is 7. The molecule has 4 rings (SSSR count). The lowest BCUT2D eigenvalue weighted by atomic mass is 9.97. The van der Waals surface area contributed by atoms with E-state index in [4.69, 9.17) is 15.2 Å². The van der Waals surface area contributed by atoms with Crippen LogP contribution in [0.25, 0.3) is 16.5 Å². The molecule has 0 bridgehead atoms. The van der Waals surface area contributed by atoms with Gasteiger partial charge in [-0.05, 0) is 62.2 Å². The topological polar surface area (TPSA) is 94.3 Å². The number of nitrogens with one attached hydrogen (secondary N) is 2. The lowest BCUT2D eigenvalue weighted by Crippen LogP contribution is -2.21. The van der Waals surface area contributed by atoms with Crippen molar-refractivity contribution in [2.45, 2.75) is 32.2 Å². The van der Waals surface area contributed by atoms with Crippen molar-refractivity contribution in [2.24, 2.45) is 0 Å². The maximum atomic E-state index is 14.5. The highest BCUT2D eigenvalue weighted by atomic mass is 19.3. The first-order valence-electron chi connectivity index (χ1n) is 11.5. The zero-order valence-corrected chi connectivity index (χ0v) is 20.4. The Kier molecular flexibility index (Phi) is 7.18. The van der Waals surface area contributed by atoms with E-state index in [1.165, 1.54) is 24.8 Å². The summed E-state index contributed by atoms with van der Waals surface area (Å²) in [6.45, 7) is 4.67. The minimum atomic E-state index is -3.15. The Morgan fingerprint density at radius 1 is 1.17 bits per heavy atom. The van der Waals surface area contributed by atoms with Gasteiger partial charge >= 0.3 is 0 Å². The SMILES string of the molecule is COCC(F)(F)c1cc(N)cc([C@@H](C)Nc2nc(C)nc3cc(OC)c(C4=CCNCC4)cc23)c1. The number of aryl methyl sites for hydroxylation is 1. The van der Waals surface area contributed by atoms with E-state index in [9.17, 15) is 8.78 Å². The Morgan fingerprint density at radius 3 is 2.66 bits per heavy atom. The van der Waals surface area contributed by atoms with Gasteiger partial charge < -0.3 is 25.8 Å². The third-order valence-corrected chi connectivity index (χ3v) is 6.12. The second-order valence-electron chi connectivity index (χ2n) is 8.76. The number of fused-ring (bicyclic) bond motifs is 1. The fourth-order valence-corrected chi connectivity index (χ4v) is 4.36. The monoisotopic (exact) mass is 483 g/mol. The number of nitrogens with zero attached hydrogens (tertiary/aromatic N) is 2. The van der Waals surface area contributed by atoms with Gasteiger partial charge in [0.25, 0.3) is 5.92 Å². The van der Waals surface area contributed by atoms with Crippen molar-refractivity contribution in [3.63, 3.8) is 0 Å². The predicted molar refractivity (Wildman–Crippen MR) is 135 cm³/mol. The molecular weight excluding hydrogens is 452 g/mol. The van der Waals surface area contributed by atoms with Gasteiger partial charge in [-0.3, -0.25) is 0 Å². The number of ether oxygens (including phenoxy) is 2. The molecule has 1 aromatic heterocycles. The van der Waals surface area contributed by atoms with Crippen molar-refractivity contribution in [2.75, 3.05) is 45.0 Å². The lowest BCUT2D eigenvalue weighted by Gasteiger charge is -2.22. The summed E-state index contributed by atoms with van der Waals surface area (Å²) in [6, 6.07) is 8.03. The number of nitrogens with two attached hydrogens (primary N) is 1. The smallest absolute Gasteiger partial charge is 0.296 e. The Bertz CT molecular complexity index is 1260. The fourth-order valence-electron chi connectivity index (χ4n) is 4.36. The third-order valence-electron chi connectivity index (χ3n) is 6.12. The molecule has 1 aliphatic rings. The van der Waals surface area contributed by atoms with Gasteiger partial charge in [-0.15, -0.1) is 0 Å². The number of benzene rings is 2. The summed E-state index contributed by atoms with van der Waals surface area (Å²) in [7, 11) is 2.90. The molecule has 0 radical (unpaired) electrons. The Labute approximate surface area is 203 Å². The first-order chi connectivity index (χ1) is 16.7. The largest absolute Gasteiger partial charge is 0.496 e. The van der Waals surface area contributed by atoms with Crippen LogP contribution < -0.4 is 21.1 Å². The van der Waals surface area contributed by atoms with E-state index >= 15 is 0 Å². The number of alkyl halides is 2. The average Bonchev–Trinajstić information content (AvgIpc) is 2.83. The Morgan fingerprint density at radius 2 is 1.97 bits per heavy atom. The number of aromatic nitrogens is 2. The van der Waals surface area contributed by atoms with E-state index in [1.54, 1.807) is 13.2 Å². The summed E-state index contributed by atoms with van der Waals surface area (Å²) >= 11 is 0. The standard InChI is InChI=1S/C26H31F2N5O2/c1-15(18-9-19(11-20(29)10-18)26(27,28)14-34-3)31-25-22-12-21(17-5-7-30-8-6-17)24(35-4)13-23(22)32-16(2)33-25/h5,9-13,15,30H,6-8,14,29H2,1-4H3,(H,31,32,33)/t15-/m1/s1. The van der Waals surface area contributed by atoms with E-state index in [0.717, 1.165) is 41.7 Å². The van der Waals surface area contributed by atoms with Crippen LogP contribution in [0.5, 0.6) is 5.75 Å². The van der Waals surface area contributed by atoms with Crippen LogP contribution in [-0.4, -0.2) is 43.9 Å². The van der Waals surface area contributed by atoms with E-state index in [-0.39, 0.29) is 17.3 Å². The molecule has 1 atom stereocenters. The number of hydrogen-bond donors (Lipinski definition) is 3. The zero-order valence-electron chi connectivity index (χ0n) is 20.4. The average molecular weight is 484 g/mol. The third kappa shape index (κ3) is 5.36. The molecule has 0 amide bonds. The van der Waals surface area contributed by atoms with Crippen LogP contribution in [0.15, 0.2) is 36.4 Å². The molecule has 0 aliphatic carbocycles. The van der Waals surface area contributed by atoms with Gasteiger partial charge in [0, 0.05) is 41.9 Å². The Hall–Kier alpha value is -3.30. The number of halogens is 2. The van der Waals surface area contributed by atoms with Gasteiger partial charge in [0.15, 0.2) is 0 Å². The number of nitrogen functional groups attached to an aromatic ring is 1. The van der Waals surface area contributed by atoms with Crippen molar-refractivity contribution in [3.05, 3.63) is 58.9 Å². The van der Waals surface area contributed by atoms with E-state index in [1.807, 2.05) is 26.0 Å². The first kappa shape index (κ1) is 24.8. The highest BCUT2D eigenvalue weighted by Crippen LogP contribution is 2.37. The van der Waals surface area contributed by atoms with Gasteiger partial charge in [-0.25, -0.2) is 9.97 Å². The molecule has 7 nitrogen and oxygen atoms in total. The summed E-state index contributed by atoms with van der Waals surface area (Å²) in [6.07, 6.45) is 3.04. The van der Waals surface area contributed by atoms with Gasteiger partial charge in [-0.2, -0.15) is 8.78 Å². The summed E-state index contributed by atoms with van der Waals surface area (Å²) in [5.74, 6) is -1.19. The molecule has 0 unspecified atom stereocenters. The first-order valence-corrected chi connectivity index (χ1v) is 11.5. The molecule has 0 fully saturated rings. The predicted octanol–water partition coefficient (Wildman–Crippen LogP) is 4.82. The maximum Gasteiger partial charge on any atom is 0.296 e. The molecule has 2 aromatic carbocycles. The normalized spacial score (nSPS) is 15.1. The van der Waals surface area contributed by atoms with E-state index in [0.29, 0.717) is 17.2 Å². The summed E-state index contributed by atoms with van der Waals surface area (Å²) in [5.41, 5.74) is 9.61. The van der Waals surface area contributed by atoms with Gasteiger partial charge in [0.2, 0.25) is 0 Å². The van der Waals surface area contributed by atoms with E-state index in [2.05, 4.69) is 26.7 Å². The lowest BCUT2D eigenvalue weighted by molar-refractivity contribution is -0.0698. The second-order valence-corrected chi connectivity index (χ2v) is 8.76. The number of rotatable bonds is 8. The van der Waals surface area contributed by atoms with Crippen LogP contribution in [0.1, 0.15) is 41.9 Å². The fraction of sp³-hybridized carbons (Fsp3) is 0.385. The minimum Gasteiger partial charge on any atom is -0.496 e.